The summed E-state index contributed by atoms with van der Waals surface area (Å²) < 4.78 is 5.86. The molecule has 0 amide bonds. The van der Waals surface area contributed by atoms with E-state index >= 15 is 0 Å². The lowest BCUT2D eigenvalue weighted by Crippen LogP contribution is -2.18. The van der Waals surface area contributed by atoms with Crippen LogP contribution in [0.2, 0.25) is 5.02 Å². The molecule has 0 bridgehead atoms. The molecule has 3 heteroatoms. The number of hydrogen-bond donors (Lipinski definition) is 1. The number of nitrogens with two attached hydrogens (primary N) is 1. The van der Waals surface area contributed by atoms with E-state index in [1.807, 2.05) is 25.1 Å². The van der Waals surface area contributed by atoms with Gasteiger partial charge in [0.05, 0.1) is 11.6 Å². The van der Waals surface area contributed by atoms with Gasteiger partial charge in [0.2, 0.25) is 0 Å². The van der Waals surface area contributed by atoms with E-state index in [-0.39, 0.29) is 6.04 Å². The van der Waals surface area contributed by atoms with E-state index in [1.165, 1.54) is 25.7 Å². The van der Waals surface area contributed by atoms with Gasteiger partial charge in [0.15, 0.2) is 0 Å². The molecular weight excluding hydrogens is 258 g/mol. The molecule has 2 N–H and O–H groups in total. The molecule has 0 spiro atoms. The number of para-hydroxylation sites is 1. The zero-order chi connectivity index (χ0) is 14.1. The maximum atomic E-state index is 6.21. The first-order valence-corrected chi connectivity index (χ1v) is 7.68. The Balaban J connectivity index is 2.47. The molecule has 2 nitrogen and oxygen atoms in total. The Morgan fingerprint density at radius 1 is 1.21 bits per heavy atom. The Morgan fingerprint density at radius 3 is 2.63 bits per heavy atom. The monoisotopic (exact) mass is 283 g/mol. The van der Waals surface area contributed by atoms with Crippen molar-refractivity contribution >= 4 is 11.6 Å². The Morgan fingerprint density at radius 2 is 1.95 bits per heavy atom. The van der Waals surface area contributed by atoms with E-state index < -0.39 is 0 Å². The molecule has 0 heterocycles. The second-order valence-electron chi connectivity index (χ2n) is 5.17. The lowest BCUT2D eigenvalue weighted by Gasteiger charge is -2.14. The SMILES string of the molecule is CCCCCCCOc1c(Cl)cccc1CC(C)N. The summed E-state index contributed by atoms with van der Waals surface area (Å²) in [6.45, 7) is 4.95. The fourth-order valence-corrected chi connectivity index (χ4v) is 2.35. The second kappa shape index (κ2) is 9.22. The lowest BCUT2D eigenvalue weighted by molar-refractivity contribution is 0.301. The highest BCUT2D eigenvalue weighted by molar-refractivity contribution is 6.32. The molecule has 1 unspecified atom stereocenters. The lowest BCUT2D eigenvalue weighted by atomic mass is 10.1. The minimum Gasteiger partial charge on any atom is -0.492 e. The van der Waals surface area contributed by atoms with Gasteiger partial charge < -0.3 is 10.5 Å². The van der Waals surface area contributed by atoms with Gasteiger partial charge >= 0.3 is 0 Å². The normalized spacial score (nSPS) is 12.4. The van der Waals surface area contributed by atoms with Gasteiger partial charge in [-0.25, -0.2) is 0 Å². The highest BCUT2D eigenvalue weighted by Gasteiger charge is 2.09. The van der Waals surface area contributed by atoms with Crippen molar-refractivity contribution in [3.05, 3.63) is 28.8 Å². The number of hydrogen-bond acceptors (Lipinski definition) is 2. The molecule has 0 aliphatic carbocycles. The molecule has 19 heavy (non-hydrogen) atoms. The van der Waals surface area contributed by atoms with Crippen molar-refractivity contribution in [3.63, 3.8) is 0 Å². The summed E-state index contributed by atoms with van der Waals surface area (Å²) in [6, 6.07) is 5.99. The summed E-state index contributed by atoms with van der Waals surface area (Å²) in [6.07, 6.45) is 6.97. The average molecular weight is 284 g/mol. The molecule has 0 saturated carbocycles. The van der Waals surface area contributed by atoms with E-state index in [1.54, 1.807) is 0 Å². The van der Waals surface area contributed by atoms with Crippen molar-refractivity contribution in [1.82, 2.24) is 0 Å². The maximum absolute atomic E-state index is 6.21. The first-order valence-electron chi connectivity index (χ1n) is 7.31. The van der Waals surface area contributed by atoms with Gasteiger partial charge in [-0.3, -0.25) is 0 Å². The van der Waals surface area contributed by atoms with Crippen LogP contribution in [0.1, 0.15) is 51.5 Å². The summed E-state index contributed by atoms with van der Waals surface area (Å²) in [4.78, 5) is 0. The molecule has 1 rings (SSSR count). The average Bonchev–Trinajstić information content (AvgIpc) is 2.35. The number of unbranched alkanes of at least 4 members (excludes halogenated alkanes) is 4. The second-order valence-corrected chi connectivity index (χ2v) is 5.58. The highest BCUT2D eigenvalue weighted by atomic mass is 35.5. The molecule has 0 fully saturated rings. The Kier molecular flexibility index (Phi) is 7.92. The van der Waals surface area contributed by atoms with Crippen LogP contribution in [0.15, 0.2) is 18.2 Å². The molecule has 0 aliphatic rings. The van der Waals surface area contributed by atoms with Gasteiger partial charge in [0.25, 0.3) is 0 Å². The molecule has 1 aromatic rings. The topological polar surface area (TPSA) is 35.2 Å². The third-order valence-corrected chi connectivity index (χ3v) is 3.38. The molecule has 108 valence electrons. The van der Waals surface area contributed by atoms with Crippen molar-refractivity contribution in [2.24, 2.45) is 5.73 Å². The number of benzene rings is 1. The van der Waals surface area contributed by atoms with Gasteiger partial charge in [-0.1, -0.05) is 56.3 Å². The van der Waals surface area contributed by atoms with Crippen LogP contribution < -0.4 is 10.5 Å². The van der Waals surface area contributed by atoms with Crippen LogP contribution in [-0.4, -0.2) is 12.6 Å². The van der Waals surface area contributed by atoms with Crippen molar-refractivity contribution < 1.29 is 4.74 Å². The summed E-state index contributed by atoms with van der Waals surface area (Å²) in [7, 11) is 0. The zero-order valence-corrected chi connectivity index (χ0v) is 12.9. The van der Waals surface area contributed by atoms with Gasteiger partial charge in [-0.2, -0.15) is 0 Å². The largest absolute Gasteiger partial charge is 0.492 e. The quantitative estimate of drug-likeness (QED) is 0.673. The van der Waals surface area contributed by atoms with Gasteiger partial charge in [-0.15, -0.1) is 0 Å². The molecule has 0 aliphatic heterocycles. The minimum atomic E-state index is 0.116. The molecule has 0 radical (unpaired) electrons. The van der Waals surface area contributed by atoms with Crippen LogP contribution in [0, 0.1) is 0 Å². The molecular formula is C16H26ClNO. The van der Waals surface area contributed by atoms with Gasteiger partial charge in [0.1, 0.15) is 5.75 Å². The fraction of sp³-hybridized carbons (Fsp3) is 0.625. The van der Waals surface area contributed by atoms with E-state index in [0.29, 0.717) is 5.02 Å². The predicted molar refractivity (Wildman–Crippen MR) is 83.1 cm³/mol. The van der Waals surface area contributed by atoms with Crippen molar-refractivity contribution in [2.75, 3.05) is 6.61 Å². The van der Waals surface area contributed by atoms with Crippen LogP contribution in [-0.2, 0) is 6.42 Å². The van der Waals surface area contributed by atoms with E-state index in [2.05, 4.69) is 6.92 Å². The van der Waals surface area contributed by atoms with Crippen LogP contribution in [0.4, 0.5) is 0 Å². The zero-order valence-electron chi connectivity index (χ0n) is 12.1. The van der Waals surface area contributed by atoms with Crippen LogP contribution >= 0.6 is 11.6 Å². The van der Waals surface area contributed by atoms with Crippen molar-refractivity contribution in [3.8, 4) is 5.75 Å². The maximum Gasteiger partial charge on any atom is 0.141 e. The molecule has 0 saturated heterocycles. The third kappa shape index (κ3) is 6.31. The van der Waals surface area contributed by atoms with Crippen LogP contribution in [0.25, 0.3) is 0 Å². The van der Waals surface area contributed by atoms with E-state index in [0.717, 1.165) is 30.8 Å². The first kappa shape index (κ1) is 16.3. The highest BCUT2D eigenvalue weighted by Crippen LogP contribution is 2.29. The number of halogens is 1. The van der Waals surface area contributed by atoms with Crippen molar-refractivity contribution in [1.29, 1.82) is 0 Å². The fourth-order valence-electron chi connectivity index (χ4n) is 2.10. The molecule has 0 aromatic heterocycles. The third-order valence-electron chi connectivity index (χ3n) is 3.08. The van der Waals surface area contributed by atoms with Crippen LogP contribution in [0.5, 0.6) is 5.75 Å². The summed E-state index contributed by atoms with van der Waals surface area (Å²) in [5.41, 5.74) is 6.96. The van der Waals surface area contributed by atoms with Crippen molar-refractivity contribution in [2.45, 2.75) is 58.4 Å². The number of ether oxygens (including phenoxy) is 1. The number of rotatable bonds is 9. The Labute approximate surface area is 122 Å². The molecule has 1 aromatic carbocycles. The molecule has 1 atom stereocenters. The first-order chi connectivity index (χ1) is 9.15. The minimum absolute atomic E-state index is 0.116. The summed E-state index contributed by atoms with van der Waals surface area (Å²) in [5.74, 6) is 0.817. The Bertz CT molecular complexity index is 366. The van der Waals surface area contributed by atoms with E-state index in [4.69, 9.17) is 22.1 Å². The Hall–Kier alpha value is -0.730. The summed E-state index contributed by atoms with van der Waals surface area (Å²) in [5, 5.41) is 0.687. The van der Waals surface area contributed by atoms with Gasteiger partial charge in [0, 0.05) is 6.04 Å². The standard InChI is InChI=1S/C16H26ClNO/c1-3-4-5-6-7-11-19-16-14(12-13(2)18)9-8-10-15(16)17/h8-10,13H,3-7,11-12,18H2,1-2H3. The smallest absolute Gasteiger partial charge is 0.141 e. The van der Waals surface area contributed by atoms with Gasteiger partial charge in [-0.05, 0) is 31.4 Å². The van der Waals surface area contributed by atoms with Crippen LogP contribution in [0.3, 0.4) is 0 Å². The summed E-state index contributed by atoms with van der Waals surface area (Å²) >= 11 is 6.21. The predicted octanol–water partition coefficient (Wildman–Crippen LogP) is 4.58. The van der Waals surface area contributed by atoms with E-state index in [9.17, 15) is 0 Å².